The van der Waals surface area contributed by atoms with Crippen molar-refractivity contribution in [1.82, 2.24) is 9.80 Å². The lowest BCUT2D eigenvalue weighted by molar-refractivity contribution is -0.130. The number of piperidine rings is 1. The van der Waals surface area contributed by atoms with Gasteiger partial charge in [-0.3, -0.25) is 9.69 Å². The quantitative estimate of drug-likeness (QED) is 0.741. The molecule has 0 aliphatic carbocycles. The summed E-state index contributed by atoms with van der Waals surface area (Å²) >= 11 is 5.96. The van der Waals surface area contributed by atoms with Crippen LogP contribution in [-0.2, 0) is 17.9 Å². The van der Waals surface area contributed by atoms with Gasteiger partial charge < -0.3 is 4.90 Å². The lowest BCUT2D eigenvalue weighted by Gasteiger charge is -2.34. The third kappa shape index (κ3) is 5.58. The molecule has 0 aromatic heterocycles. The van der Waals surface area contributed by atoms with Gasteiger partial charge in [0, 0.05) is 31.6 Å². The molecule has 1 aliphatic rings. The molecule has 0 saturated carbocycles. The Morgan fingerprint density at radius 2 is 1.69 bits per heavy atom. The molecular weight excluding hydrogens is 344 g/mol. The monoisotopic (exact) mass is 370 g/mol. The normalized spacial score (nSPS) is 15.8. The van der Waals surface area contributed by atoms with E-state index in [0.29, 0.717) is 12.5 Å². The Morgan fingerprint density at radius 1 is 1.04 bits per heavy atom. The first-order chi connectivity index (χ1) is 12.6. The van der Waals surface area contributed by atoms with Gasteiger partial charge in [0.2, 0.25) is 5.91 Å². The molecule has 138 valence electrons. The van der Waals surface area contributed by atoms with Gasteiger partial charge in [0.15, 0.2) is 0 Å². The van der Waals surface area contributed by atoms with Crippen LogP contribution in [0.1, 0.15) is 30.9 Å². The summed E-state index contributed by atoms with van der Waals surface area (Å²) in [6.07, 6.45) is 2.29. The molecule has 0 radical (unpaired) electrons. The molecule has 2 aromatic rings. The highest BCUT2D eigenvalue weighted by atomic mass is 35.5. The molecule has 0 N–H and O–H groups in total. The van der Waals surface area contributed by atoms with Crippen molar-refractivity contribution in [2.45, 2.75) is 32.9 Å². The molecule has 2 aromatic carbocycles. The number of carbonyl (C=O) groups is 1. The predicted octanol–water partition coefficient (Wildman–Crippen LogP) is 4.60. The van der Waals surface area contributed by atoms with Crippen LogP contribution in [0.25, 0.3) is 0 Å². The summed E-state index contributed by atoms with van der Waals surface area (Å²) < 4.78 is 0. The second-order valence-corrected chi connectivity index (χ2v) is 7.67. The van der Waals surface area contributed by atoms with Crippen LogP contribution in [0, 0.1) is 5.92 Å². The van der Waals surface area contributed by atoms with Crippen molar-refractivity contribution in [3.63, 3.8) is 0 Å². The van der Waals surface area contributed by atoms with E-state index in [1.54, 1.807) is 6.92 Å². The van der Waals surface area contributed by atoms with Gasteiger partial charge in [0.25, 0.3) is 0 Å². The molecule has 3 nitrogen and oxygen atoms in total. The first-order valence-corrected chi connectivity index (χ1v) is 9.74. The Hall–Kier alpha value is -1.84. The number of nitrogens with zero attached hydrogens (tertiary/aromatic N) is 2. The number of rotatable bonds is 6. The van der Waals surface area contributed by atoms with E-state index in [1.165, 1.54) is 11.1 Å². The minimum absolute atomic E-state index is 0.164. The van der Waals surface area contributed by atoms with Crippen LogP contribution in [0.2, 0.25) is 5.02 Å². The lowest BCUT2D eigenvalue weighted by atomic mass is 9.95. The second kappa shape index (κ2) is 9.20. The van der Waals surface area contributed by atoms with Crippen LogP contribution in [0.5, 0.6) is 0 Å². The zero-order valence-corrected chi connectivity index (χ0v) is 16.2. The lowest BCUT2D eigenvalue weighted by Crippen LogP contribution is -2.39. The van der Waals surface area contributed by atoms with E-state index >= 15 is 0 Å². The van der Waals surface area contributed by atoms with Gasteiger partial charge in [0.1, 0.15) is 0 Å². The van der Waals surface area contributed by atoms with Gasteiger partial charge in [-0.15, -0.1) is 0 Å². The van der Waals surface area contributed by atoms with Crippen molar-refractivity contribution in [3.05, 3.63) is 70.7 Å². The topological polar surface area (TPSA) is 23.6 Å². The van der Waals surface area contributed by atoms with Gasteiger partial charge >= 0.3 is 0 Å². The number of benzene rings is 2. The van der Waals surface area contributed by atoms with Gasteiger partial charge in [-0.1, -0.05) is 54.1 Å². The van der Waals surface area contributed by atoms with Gasteiger partial charge in [-0.05, 0) is 55.1 Å². The van der Waals surface area contributed by atoms with E-state index < -0.39 is 0 Å². The van der Waals surface area contributed by atoms with Crippen molar-refractivity contribution in [3.8, 4) is 0 Å². The summed E-state index contributed by atoms with van der Waals surface area (Å²) in [5.41, 5.74) is 2.50. The third-order valence-electron chi connectivity index (χ3n) is 5.17. The van der Waals surface area contributed by atoms with E-state index in [2.05, 4.69) is 29.2 Å². The molecule has 4 heteroatoms. The maximum Gasteiger partial charge on any atom is 0.219 e. The summed E-state index contributed by atoms with van der Waals surface area (Å²) in [6.45, 7) is 6.40. The Labute approximate surface area is 161 Å². The third-order valence-corrected chi connectivity index (χ3v) is 5.42. The number of carbonyl (C=O) groups excluding carboxylic acids is 1. The van der Waals surface area contributed by atoms with Crippen LogP contribution >= 0.6 is 11.6 Å². The molecule has 0 spiro atoms. The van der Waals surface area contributed by atoms with Crippen molar-refractivity contribution in [1.29, 1.82) is 0 Å². The summed E-state index contributed by atoms with van der Waals surface area (Å²) in [4.78, 5) is 16.5. The molecular formula is C22H27ClN2O. The van der Waals surface area contributed by atoms with Crippen LogP contribution < -0.4 is 0 Å². The Balaban J connectivity index is 1.48. The molecule has 1 saturated heterocycles. The van der Waals surface area contributed by atoms with Crippen molar-refractivity contribution in [2.75, 3.05) is 19.6 Å². The highest BCUT2D eigenvalue weighted by Gasteiger charge is 2.22. The molecule has 1 aliphatic heterocycles. The average Bonchev–Trinajstić information content (AvgIpc) is 2.65. The van der Waals surface area contributed by atoms with E-state index in [4.69, 9.17) is 11.6 Å². The molecule has 1 heterocycles. The van der Waals surface area contributed by atoms with Gasteiger partial charge in [0.05, 0.1) is 0 Å². The number of likely N-dealkylation sites (tertiary alicyclic amines) is 1. The average molecular weight is 371 g/mol. The van der Waals surface area contributed by atoms with Crippen molar-refractivity contribution < 1.29 is 4.79 Å². The summed E-state index contributed by atoms with van der Waals surface area (Å²) in [6, 6.07) is 18.4. The minimum Gasteiger partial charge on any atom is -0.338 e. The molecule has 0 atom stereocenters. The van der Waals surface area contributed by atoms with Gasteiger partial charge in [-0.25, -0.2) is 0 Å². The Bertz CT molecular complexity index is 694. The summed E-state index contributed by atoms with van der Waals surface area (Å²) in [5, 5.41) is 0.787. The first-order valence-electron chi connectivity index (χ1n) is 9.36. The highest BCUT2D eigenvalue weighted by Crippen LogP contribution is 2.21. The molecule has 1 fully saturated rings. The predicted molar refractivity (Wildman–Crippen MR) is 107 cm³/mol. The van der Waals surface area contributed by atoms with Gasteiger partial charge in [-0.2, -0.15) is 0 Å². The fourth-order valence-corrected chi connectivity index (χ4v) is 3.72. The fourth-order valence-electron chi connectivity index (χ4n) is 3.60. The standard InChI is InChI=1S/C22H27ClN2O/c1-18(26)25(16-19-5-3-2-4-6-19)17-21-11-13-24(14-12-21)15-20-7-9-22(23)10-8-20/h2-10,21H,11-17H2,1H3. The van der Waals surface area contributed by atoms with Crippen LogP contribution in [-0.4, -0.2) is 35.3 Å². The van der Waals surface area contributed by atoms with E-state index in [9.17, 15) is 4.79 Å². The SMILES string of the molecule is CC(=O)N(Cc1ccccc1)CC1CCN(Cc2ccc(Cl)cc2)CC1. The van der Waals surface area contributed by atoms with Crippen LogP contribution in [0.3, 0.4) is 0 Å². The summed E-state index contributed by atoms with van der Waals surface area (Å²) in [5.74, 6) is 0.751. The van der Waals surface area contributed by atoms with E-state index in [-0.39, 0.29) is 5.91 Å². The number of halogens is 1. The summed E-state index contributed by atoms with van der Waals surface area (Å²) in [7, 11) is 0. The molecule has 3 rings (SSSR count). The van der Waals surface area contributed by atoms with Crippen LogP contribution in [0.15, 0.2) is 54.6 Å². The fraction of sp³-hybridized carbons (Fsp3) is 0.409. The Morgan fingerprint density at radius 3 is 2.31 bits per heavy atom. The number of hydrogen-bond donors (Lipinski definition) is 0. The minimum atomic E-state index is 0.164. The van der Waals surface area contributed by atoms with Crippen LogP contribution in [0.4, 0.5) is 0 Å². The second-order valence-electron chi connectivity index (χ2n) is 7.23. The van der Waals surface area contributed by atoms with E-state index in [0.717, 1.165) is 44.0 Å². The number of amides is 1. The smallest absolute Gasteiger partial charge is 0.219 e. The van der Waals surface area contributed by atoms with E-state index in [1.807, 2.05) is 35.2 Å². The zero-order valence-electron chi connectivity index (χ0n) is 15.4. The van der Waals surface area contributed by atoms with Crippen molar-refractivity contribution >= 4 is 17.5 Å². The molecule has 0 bridgehead atoms. The maximum atomic E-state index is 12.1. The molecule has 26 heavy (non-hydrogen) atoms. The largest absolute Gasteiger partial charge is 0.338 e. The Kier molecular flexibility index (Phi) is 6.70. The zero-order chi connectivity index (χ0) is 18.4. The first kappa shape index (κ1) is 18.9. The number of hydrogen-bond acceptors (Lipinski definition) is 2. The molecule has 1 amide bonds. The maximum absolute atomic E-state index is 12.1. The van der Waals surface area contributed by atoms with Crippen molar-refractivity contribution in [2.24, 2.45) is 5.92 Å². The molecule has 0 unspecified atom stereocenters. The highest BCUT2D eigenvalue weighted by molar-refractivity contribution is 6.30.